The van der Waals surface area contributed by atoms with Gasteiger partial charge >= 0.3 is 5.97 Å². The molecule has 13 nitrogen and oxygen atoms in total. The standard InChI is InChI=1S/C16H18O3.C15H23NO2.C13H19NO2.C13H19NO.C12H17NO/c1-4-16(2,3)15(18)19-14-10-6-7-11-12(14)8-5-9-13(11)17;1-6-15(4,5)14(18)16-9-12-7-10(2)13(17)11(3)8-12;1-4-13(2,3)12(16)14-9-10-5-7-11(15)8-6-10;1-4-13(2,3)12(15)14-10-11-8-6-5-7-9-11;1-4-12(2,3)11(14)13-10-8-6-5-7-9-10/h5-10,17H,4H2,1-3H3;7-8,17H,6,9H2,1-5H3,(H,16,18);5-8,15H,4,9H2,1-3H3,(H,14,16);5-9H,4,10H2,1-3H3,(H,14,15);5-9H,4H2,1-3H3,(H,13,14). The predicted octanol–water partition coefficient (Wildman–Crippen LogP) is 15.2. The Morgan fingerprint density at radius 2 is 0.793 bits per heavy atom. The van der Waals surface area contributed by atoms with E-state index in [1.807, 2.05) is 197 Å². The first-order valence-corrected chi connectivity index (χ1v) is 28.6. The number of amides is 4. The molecule has 0 saturated heterocycles. The Bertz CT molecular complexity index is 2940. The molecule has 4 amide bonds. The van der Waals surface area contributed by atoms with Gasteiger partial charge in [-0.1, -0.05) is 187 Å². The van der Waals surface area contributed by atoms with E-state index in [0.717, 1.165) is 64.6 Å². The largest absolute Gasteiger partial charge is 0.508 e. The van der Waals surface area contributed by atoms with E-state index in [2.05, 4.69) is 21.3 Å². The van der Waals surface area contributed by atoms with E-state index in [1.54, 1.807) is 54.6 Å². The summed E-state index contributed by atoms with van der Waals surface area (Å²) in [6, 6.07) is 40.6. The van der Waals surface area contributed by atoms with Crippen LogP contribution in [0.5, 0.6) is 23.0 Å². The molecule has 0 radical (unpaired) electrons. The second-order valence-corrected chi connectivity index (χ2v) is 23.8. The number of aryl methyl sites for hydroxylation is 2. The van der Waals surface area contributed by atoms with Crippen molar-refractivity contribution in [3.05, 3.63) is 161 Å². The van der Waals surface area contributed by atoms with E-state index in [-0.39, 0.29) is 62.8 Å². The zero-order valence-electron chi connectivity index (χ0n) is 52.1. The number of rotatable bonds is 18. The number of hydrogen-bond acceptors (Lipinski definition) is 9. The first-order valence-electron chi connectivity index (χ1n) is 28.6. The molecule has 7 N–H and O–H groups in total. The van der Waals surface area contributed by atoms with E-state index in [4.69, 9.17) is 9.84 Å². The van der Waals surface area contributed by atoms with Crippen molar-refractivity contribution in [1.82, 2.24) is 16.0 Å². The van der Waals surface area contributed by atoms with Crippen molar-refractivity contribution in [2.75, 3.05) is 5.32 Å². The number of phenolic OH excluding ortho intramolecular Hbond substituents is 3. The smallest absolute Gasteiger partial charge is 0.316 e. The molecule has 0 unspecified atom stereocenters. The number of phenols is 3. The third-order valence-corrected chi connectivity index (χ3v) is 15.2. The fourth-order valence-corrected chi connectivity index (χ4v) is 6.82. The number of hydrogen-bond donors (Lipinski definition) is 7. The molecule has 0 heterocycles. The molecule has 0 saturated carbocycles. The topological polar surface area (TPSA) is 203 Å². The number of fused-ring (bicyclic) bond motifs is 1. The maximum absolute atomic E-state index is 12.1. The molecular formula is C69H96N4O9. The second kappa shape index (κ2) is 32.7. The number of aromatic hydroxyl groups is 3. The van der Waals surface area contributed by atoms with Crippen molar-refractivity contribution in [1.29, 1.82) is 0 Å². The third kappa shape index (κ3) is 23.1. The van der Waals surface area contributed by atoms with E-state index in [9.17, 15) is 34.2 Å². The van der Waals surface area contributed by atoms with Gasteiger partial charge in [-0.2, -0.15) is 0 Å². The molecule has 82 heavy (non-hydrogen) atoms. The lowest BCUT2D eigenvalue weighted by molar-refractivity contribution is -0.144. The maximum Gasteiger partial charge on any atom is 0.316 e. The number of esters is 1. The predicted molar refractivity (Wildman–Crippen MR) is 334 cm³/mol. The van der Waals surface area contributed by atoms with Gasteiger partial charge in [0.2, 0.25) is 23.6 Å². The molecule has 6 aromatic rings. The van der Waals surface area contributed by atoms with Crippen molar-refractivity contribution < 1.29 is 44.0 Å². The van der Waals surface area contributed by atoms with Crippen molar-refractivity contribution in [3.8, 4) is 23.0 Å². The summed E-state index contributed by atoms with van der Waals surface area (Å²) in [5, 5.41) is 41.7. The molecule has 0 aliphatic heterocycles. The average molecular weight is 1130 g/mol. The lowest BCUT2D eigenvalue weighted by Gasteiger charge is -2.21. The maximum atomic E-state index is 12.1. The van der Waals surface area contributed by atoms with E-state index in [1.165, 1.54) is 0 Å². The molecule has 0 aliphatic rings. The van der Waals surface area contributed by atoms with Gasteiger partial charge < -0.3 is 41.3 Å². The van der Waals surface area contributed by atoms with Crippen LogP contribution < -0.4 is 26.0 Å². The first kappa shape index (κ1) is 70.4. The van der Waals surface area contributed by atoms with Gasteiger partial charge in [0.25, 0.3) is 0 Å². The van der Waals surface area contributed by atoms with Crippen LogP contribution in [0.15, 0.2) is 133 Å². The molecule has 0 fully saturated rings. The van der Waals surface area contributed by atoms with Gasteiger partial charge in [0.05, 0.1) is 5.41 Å². The number of carbonyl (C=O) groups excluding carboxylic acids is 5. The Morgan fingerprint density at radius 1 is 0.415 bits per heavy atom. The highest BCUT2D eigenvalue weighted by Crippen LogP contribution is 2.33. The average Bonchev–Trinajstić information content (AvgIpc) is 3.59. The summed E-state index contributed by atoms with van der Waals surface area (Å²) in [7, 11) is 0. The Labute approximate surface area is 490 Å². The number of nitrogens with one attached hydrogen (secondary N) is 4. The van der Waals surface area contributed by atoms with Crippen LogP contribution in [0.1, 0.15) is 164 Å². The summed E-state index contributed by atoms with van der Waals surface area (Å²) < 4.78 is 5.49. The normalized spacial score (nSPS) is 11.3. The van der Waals surface area contributed by atoms with Crippen molar-refractivity contribution in [2.24, 2.45) is 27.1 Å². The molecule has 6 aromatic carbocycles. The number of benzene rings is 6. The van der Waals surface area contributed by atoms with Crippen LogP contribution in [0, 0.1) is 40.9 Å². The highest BCUT2D eigenvalue weighted by molar-refractivity contribution is 5.95. The van der Waals surface area contributed by atoms with Gasteiger partial charge in [-0.15, -0.1) is 0 Å². The quantitative estimate of drug-likeness (QED) is 0.0323. The highest BCUT2D eigenvalue weighted by Gasteiger charge is 2.29. The lowest BCUT2D eigenvalue weighted by atomic mass is 9.89. The van der Waals surface area contributed by atoms with Gasteiger partial charge in [0.1, 0.15) is 23.0 Å². The SMILES string of the molecule is CCC(C)(C)C(=O)NCc1cc(C)c(O)c(C)c1.CCC(C)(C)C(=O)NCc1ccc(O)cc1.CCC(C)(C)C(=O)NCc1ccccc1.CCC(C)(C)C(=O)Nc1ccccc1.CCC(C)(C)C(=O)Oc1cccc2c(O)cccc12. The molecule has 0 aromatic heterocycles. The number of para-hydroxylation sites is 1. The molecule has 0 aliphatic carbocycles. The van der Waals surface area contributed by atoms with Gasteiger partial charge in [-0.25, -0.2) is 0 Å². The van der Waals surface area contributed by atoms with Crippen molar-refractivity contribution in [2.45, 2.75) is 169 Å². The number of carbonyl (C=O) groups is 5. The van der Waals surface area contributed by atoms with Crippen LogP contribution in [0.4, 0.5) is 5.69 Å². The van der Waals surface area contributed by atoms with Crippen LogP contribution in [0.3, 0.4) is 0 Å². The Hall–Kier alpha value is -7.67. The fourth-order valence-electron chi connectivity index (χ4n) is 6.82. The zero-order chi connectivity index (χ0) is 62.1. The van der Waals surface area contributed by atoms with Crippen molar-refractivity contribution >= 4 is 46.1 Å². The molecule has 446 valence electrons. The third-order valence-electron chi connectivity index (χ3n) is 15.2. The summed E-state index contributed by atoms with van der Waals surface area (Å²) in [6.07, 6.45) is 4.03. The summed E-state index contributed by atoms with van der Waals surface area (Å²) in [4.78, 5) is 59.3. The Kier molecular flexibility index (Phi) is 28.1. The molecule has 0 bridgehead atoms. The van der Waals surface area contributed by atoms with Crippen molar-refractivity contribution in [3.63, 3.8) is 0 Å². The van der Waals surface area contributed by atoms with Crippen LogP contribution in [0.25, 0.3) is 10.8 Å². The second-order valence-electron chi connectivity index (χ2n) is 23.8. The fraction of sp³-hybridized carbons (Fsp3) is 0.435. The minimum absolute atomic E-state index is 0.0584. The van der Waals surface area contributed by atoms with E-state index >= 15 is 0 Å². The summed E-state index contributed by atoms with van der Waals surface area (Å²) in [6.45, 7) is 34.7. The van der Waals surface area contributed by atoms with Crippen LogP contribution in [0.2, 0.25) is 0 Å². The summed E-state index contributed by atoms with van der Waals surface area (Å²) in [5.74, 6) is 1.30. The zero-order valence-corrected chi connectivity index (χ0v) is 52.1. The van der Waals surface area contributed by atoms with E-state index in [0.29, 0.717) is 42.9 Å². The molecule has 13 heteroatoms. The van der Waals surface area contributed by atoms with E-state index < -0.39 is 5.41 Å². The highest BCUT2D eigenvalue weighted by atomic mass is 16.5. The molecule has 0 spiro atoms. The summed E-state index contributed by atoms with van der Waals surface area (Å²) >= 11 is 0. The van der Waals surface area contributed by atoms with Gasteiger partial charge in [0.15, 0.2) is 0 Å². The van der Waals surface area contributed by atoms with Crippen LogP contribution in [-0.2, 0) is 43.6 Å². The minimum atomic E-state index is -0.515. The summed E-state index contributed by atoms with van der Waals surface area (Å²) in [5.41, 5.74) is 3.95. The van der Waals surface area contributed by atoms with Crippen LogP contribution in [-0.4, -0.2) is 44.9 Å². The number of ether oxygens (including phenoxy) is 1. The Morgan fingerprint density at radius 3 is 1.23 bits per heavy atom. The molecule has 0 atom stereocenters. The van der Waals surface area contributed by atoms with Gasteiger partial charge in [-0.3, -0.25) is 24.0 Å². The molecular weight excluding hydrogens is 1030 g/mol. The number of anilines is 1. The van der Waals surface area contributed by atoms with Crippen LogP contribution >= 0.6 is 0 Å². The Balaban J connectivity index is 0.000000352. The lowest BCUT2D eigenvalue weighted by Crippen LogP contribution is -2.36. The van der Waals surface area contributed by atoms with Gasteiger partial charge in [-0.05, 0) is 124 Å². The monoisotopic (exact) mass is 1120 g/mol. The first-order chi connectivity index (χ1) is 38.3. The molecule has 6 rings (SSSR count). The van der Waals surface area contributed by atoms with Gasteiger partial charge in [0, 0.05) is 57.8 Å². The minimum Gasteiger partial charge on any atom is -0.508 e.